The molecule has 0 radical (unpaired) electrons. The molecule has 0 aliphatic carbocycles. The molecule has 0 spiro atoms. The van der Waals surface area contributed by atoms with Gasteiger partial charge in [0.25, 0.3) is 0 Å². The number of rotatable bonds is 4. The van der Waals surface area contributed by atoms with Gasteiger partial charge in [0.2, 0.25) is 0 Å². The molecule has 1 aromatic heterocycles. The van der Waals surface area contributed by atoms with E-state index in [2.05, 4.69) is 15.2 Å². The Morgan fingerprint density at radius 3 is 2.94 bits per heavy atom. The van der Waals surface area contributed by atoms with E-state index in [1.807, 2.05) is 12.3 Å². The molecule has 1 fully saturated rings. The molecule has 88 valence electrons. The first-order chi connectivity index (χ1) is 7.90. The van der Waals surface area contributed by atoms with Gasteiger partial charge in [-0.05, 0) is 0 Å². The first-order valence-electron chi connectivity index (χ1n) is 5.42. The number of hydrogen-bond donors (Lipinski definition) is 1. The van der Waals surface area contributed by atoms with Gasteiger partial charge in [-0.1, -0.05) is 0 Å². The summed E-state index contributed by atoms with van der Waals surface area (Å²) in [5, 5.41) is 3.32. The summed E-state index contributed by atoms with van der Waals surface area (Å²) in [6.45, 7) is 4.31. The van der Waals surface area contributed by atoms with Crippen LogP contribution in [0.1, 0.15) is 0 Å². The zero-order valence-electron chi connectivity index (χ0n) is 9.48. The van der Waals surface area contributed by atoms with Crippen molar-refractivity contribution in [2.45, 2.75) is 0 Å². The average Bonchev–Trinajstić information content (AvgIpc) is 2.38. The lowest BCUT2D eigenvalue weighted by Gasteiger charge is -2.29. The van der Waals surface area contributed by atoms with Gasteiger partial charge in [-0.3, -0.25) is 4.98 Å². The molecule has 1 aromatic rings. The lowest BCUT2D eigenvalue weighted by Crippen LogP contribution is -2.43. The van der Waals surface area contributed by atoms with Gasteiger partial charge in [-0.25, -0.2) is 0 Å². The van der Waals surface area contributed by atoms with Gasteiger partial charge in [0, 0.05) is 39.4 Å². The van der Waals surface area contributed by atoms with Gasteiger partial charge >= 0.3 is 0 Å². The third kappa shape index (κ3) is 2.84. The zero-order valence-corrected chi connectivity index (χ0v) is 9.48. The van der Waals surface area contributed by atoms with Crippen molar-refractivity contribution < 1.29 is 9.47 Å². The fourth-order valence-electron chi connectivity index (χ4n) is 1.71. The molecule has 1 saturated heterocycles. The molecule has 0 amide bonds. The molecule has 0 atom stereocenters. The number of hydrogen-bond acceptors (Lipinski definition) is 5. The lowest BCUT2D eigenvalue weighted by atomic mass is 10.3. The van der Waals surface area contributed by atoms with E-state index >= 15 is 0 Å². The van der Waals surface area contributed by atoms with Crippen LogP contribution in [0.5, 0.6) is 5.75 Å². The van der Waals surface area contributed by atoms with Crippen LogP contribution >= 0.6 is 0 Å². The molecule has 16 heavy (non-hydrogen) atoms. The van der Waals surface area contributed by atoms with Gasteiger partial charge in [-0.2, -0.15) is 0 Å². The molecular formula is C11H17N3O2. The Balaban J connectivity index is 2.02. The Hall–Kier alpha value is -1.33. The number of ether oxygens (including phenoxy) is 2. The molecule has 0 saturated carbocycles. The number of pyridine rings is 1. The van der Waals surface area contributed by atoms with Crippen molar-refractivity contribution in [2.24, 2.45) is 0 Å². The predicted molar refractivity (Wildman–Crippen MR) is 61.8 cm³/mol. The van der Waals surface area contributed by atoms with Crippen molar-refractivity contribution in [2.75, 3.05) is 45.0 Å². The second-order valence-corrected chi connectivity index (χ2v) is 3.67. The van der Waals surface area contributed by atoms with Gasteiger partial charge < -0.3 is 19.7 Å². The molecule has 2 rings (SSSR count). The number of piperazine rings is 1. The molecule has 1 aliphatic rings. The molecule has 0 aromatic carbocycles. The Bertz CT molecular complexity index is 327. The van der Waals surface area contributed by atoms with E-state index in [9.17, 15) is 0 Å². The number of anilines is 1. The summed E-state index contributed by atoms with van der Waals surface area (Å²) in [5.41, 5.74) is 1.11. The summed E-state index contributed by atoms with van der Waals surface area (Å²) in [7, 11) is 1.60. The van der Waals surface area contributed by atoms with Crippen molar-refractivity contribution >= 4 is 5.69 Å². The van der Waals surface area contributed by atoms with E-state index in [-0.39, 0.29) is 6.79 Å². The maximum Gasteiger partial charge on any atom is 0.188 e. The Labute approximate surface area is 95.4 Å². The fraction of sp³-hybridized carbons (Fsp3) is 0.545. The van der Waals surface area contributed by atoms with E-state index in [0.29, 0.717) is 0 Å². The topological polar surface area (TPSA) is 46.6 Å². The zero-order chi connectivity index (χ0) is 11.2. The van der Waals surface area contributed by atoms with Crippen LogP contribution in [0.15, 0.2) is 18.5 Å². The summed E-state index contributed by atoms with van der Waals surface area (Å²) in [5.74, 6) is 0.748. The Kier molecular flexibility index (Phi) is 3.96. The van der Waals surface area contributed by atoms with Crippen molar-refractivity contribution in [1.82, 2.24) is 10.3 Å². The van der Waals surface area contributed by atoms with Crippen molar-refractivity contribution in [3.8, 4) is 5.75 Å². The quantitative estimate of drug-likeness (QED) is 0.752. The minimum absolute atomic E-state index is 0.257. The minimum Gasteiger partial charge on any atom is -0.466 e. The van der Waals surface area contributed by atoms with Crippen LogP contribution in [0.2, 0.25) is 0 Å². The number of nitrogens with zero attached hydrogens (tertiary/aromatic N) is 2. The molecule has 5 nitrogen and oxygen atoms in total. The van der Waals surface area contributed by atoms with Crippen LogP contribution < -0.4 is 15.0 Å². The highest BCUT2D eigenvalue weighted by molar-refractivity contribution is 5.48. The van der Waals surface area contributed by atoms with E-state index < -0.39 is 0 Å². The highest BCUT2D eigenvalue weighted by Gasteiger charge is 2.11. The van der Waals surface area contributed by atoms with Gasteiger partial charge in [0.05, 0.1) is 18.1 Å². The molecule has 1 aliphatic heterocycles. The van der Waals surface area contributed by atoms with Gasteiger partial charge in [-0.15, -0.1) is 0 Å². The maximum atomic E-state index is 5.36. The molecule has 0 bridgehead atoms. The smallest absolute Gasteiger partial charge is 0.188 e. The average molecular weight is 223 g/mol. The third-order valence-electron chi connectivity index (χ3n) is 2.52. The standard InChI is InChI=1S/C11H17N3O2/c1-15-9-16-11-6-10(7-13-8-11)14-4-2-12-3-5-14/h6-8,12H,2-5,9H2,1H3. The second kappa shape index (κ2) is 5.67. The Morgan fingerprint density at radius 1 is 1.38 bits per heavy atom. The van der Waals surface area contributed by atoms with E-state index in [1.165, 1.54) is 0 Å². The fourth-order valence-corrected chi connectivity index (χ4v) is 1.71. The maximum absolute atomic E-state index is 5.36. The van der Waals surface area contributed by atoms with Crippen LogP contribution in [-0.2, 0) is 4.74 Å². The van der Waals surface area contributed by atoms with Crippen molar-refractivity contribution in [3.05, 3.63) is 18.5 Å². The summed E-state index contributed by atoms with van der Waals surface area (Å²) in [6.07, 6.45) is 3.57. The van der Waals surface area contributed by atoms with E-state index in [0.717, 1.165) is 37.6 Å². The van der Waals surface area contributed by atoms with Crippen LogP contribution in [0.4, 0.5) is 5.69 Å². The normalized spacial score (nSPS) is 16.2. The third-order valence-corrected chi connectivity index (χ3v) is 2.52. The van der Waals surface area contributed by atoms with Crippen LogP contribution in [0.25, 0.3) is 0 Å². The monoisotopic (exact) mass is 223 g/mol. The number of aromatic nitrogens is 1. The first-order valence-corrected chi connectivity index (χ1v) is 5.42. The highest BCUT2D eigenvalue weighted by atomic mass is 16.7. The summed E-state index contributed by atoms with van der Waals surface area (Å²) in [6, 6.07) is 2.00. The van der Waals surface area contributed by atoms with Crippen LogP contribution in [0.3, 0.4) is 0 Å². The van der Waals surface area contributed by atoms with Gasteiger partial charge in [0.1, 0.15) is 5.75 Å². The van der Waals surface area contributed by atoms with Crippen LogP contribution in [0, 0.1) is 0 Å². The highest BCUT2D eigenvalue weighted by Crippen LogP contribution is 2.19. The SMILES string of the molecule is COCOc1cncc(N2CCNCC2)c1. The summed E-state index contributed by atoms with van der Waals surface area (Å²) < 4.78 is 10.2. The summed E-state index contributed by atoms with van der Waals surface area (Å²) >= 11 is 0. The molecule has 5 heteroatoms. The predicted octanol–water partition coefficient (Wildman–Crippen LogP) is 0.474. The summed E-state index contributed by atoms with van der Waals surface area (Å²) in [4.78, 5) is 6.46. The number of methoxy groups -OCH3 is 1. The first kappa shape index (κ1) is 11.2. The minimum atomic E-state index is 0.257. The van der Waals surface area contributed by atoms with Gasteiger partial charge in [0.15, 0.2) is 6.79 Å². The largest absolute Gasteiger partial charge is 0.466 e. The molecular weight excluding hydrogens is 206 g/mol. The molecule has 1 N–H and O–H groups in total. The number of nitrogens with one attached hydrogen (secondary N) is 1. The van der Waals surface area contributed by atoms with E-state index in [4.69, 9.17) is 9.47 Å². The Morgan fingerprint density at radius 2 is 2.19 bits per heavy atom. The second-order valence-electron chi connectivity index (χ2n) is 3.67. The van der Waals surface area contributed by atoms with Crippen molar-refractivity contribution in [3.63, 3.8) is 0 Å². The molecule has 2 heterocycles. The molecule has 0 unspecified atom stereocenters. The van der Waals surface area contributed by atoms with Crippen molar-refractivity contribution in [1.29, 1.82) is 0 Å². The lowest BCUT2D eigenvalue weighted by molar-refractivity contribution is 0.0509. The van der Waals surface area contributed by atoms with Crippen LogP contribution in [-0.4, -0.2) is 45.1 Å². The van der Waals surface area contributed by atoms with E-state index in [1.54, 1.807) is 13.3 Å².